The van der Waals surface area contributed by atoms with Gasteiger partial charge in [-0.2, -0.15) is 0 Å². The van der Waals surface area contributed by atoms with E-state index in [1.807, 2.05) is 6.08 Å². The number of hydrogen-bond donors (Lipinski definition) is 0. The monoisotopic (exact) mass is 312 g/mol. The molecule has 0 aliphatic rings. The summed E-state index contributed by atoms with van der Waals surface area (Å²) in [5.74, 6) is 15.1. The van der Waals surface area contributed by atoms with Crippen LogP contribution in [0.2, 0.25) is 0 Å². The summed E-state index contributed by atoms with van der Waals surface area (Å²) in [6.45, 7) is 4.62. The summed E-state index contributed by atoms with van der Waals surface area (Å²) < 4.78 is 9.99. The van der Waals surface area contributed by atoms with E-state index in [1.165, 1.54) is 13.8 Å². The first-order valence-corrected chi connectivity index (χ1v) is 7.10. The predicted molar refractivity (Wildman–Crippen MR) is 88.7 cm³/mol. The topological polar surface area (TPSA) is 52.6 Å². The number of rotatable bonds is 7. The molecule has 0 aromatic carbocycles. The van der Waals surface area contributed by atoms with Crippen LogP contribution in [0.1, 0.15) is 33.6 Å². The Morgan fingerprint density at radius 1 is 1.04 bits per heavy atom. The molecule has 1 atom stereocenters. The molecule has 0 N–H and O–H groups in total. The Morgan fingerprint density at radius 3 is 2.43 bits per heavy atom. The maximum atomic E-state index is 11.0. The van der Waals surface area contributed by atoms with Gasteiger partial charge in [-0.1, -0.05) is 30.1 Å². The predicted octanol–water partition coefficient (Wildman–Crippen LogP) is 2.40. The molecule has 23 heavy (non-hydrogen) atoms. The Labute approximate surface area is 137 Å². The first-order valence-electron chi connectivity index (χ1n) is 7.10. The molecule has 0 rings (SSSR count). The summed E-state index contributed by atoms with van der Waals surface area (Å²) in [5, 5.41) is 0. The van der Waals surface area contributed by atoms with Crippen molar-refractivity contribution in [2.75, 3.05) is 6.61 Å². The average Bonchev–Trinajstić information content (AvgIpc) is 2.48. The van der Waals surface area contributed by atoms with Crippen molar-refractivity contribution in [2.45, 2.75) is 39.7 Å². The molecule has 0 heterocycles. The van der Waals surface area contributed by atoms with Gasteiger partial charge in [0, 0.05) is 26.7 Å². The number of ether oxygens (including phenoxy) is 2. The van der Waals surface area contributed by atoms with Crippen molar-refractivity contribution in [1.29, 1.82) is 0 Å². The zero-order valence-electron chi connectivity index (χ0n) is 13.6. The summed E-state index contributed by atoms with van der Waals surface area (Å²) >= 11 is 0. The molecule has 0 aliphatic carbocycles. The highest BCUT2D eigenvalue weighted by Gasteiger charge is 2.10. The summed E-state index contributed by atoms with van der Waals surface area (Å²) in [6, 6.07) is 0. The number of allylic oxidation sites excluding steroid dienone is 3. The third-order valence-corrected chi connectivity index (χ3v) is 2.29. The minimum atomic E-state index is -0.360. The second-order valence-corrected chi connectivity index (χ2v) is 4.28. The van der Waals surface area contributed by atoms with Crippen molar-refractivity contribution in [3.8, 4) is 35.5 Å². The van der Waals surface area contributed by atoms with Crippen LogP contribution in [0.15, 0.2) is 24.3 Å². The largest absolute Gasteiger partial charge is 0.466 e. The zero-order chi connectivity index (χ0) is 17.3. The number of carbonyl (C=O) groups is 2. The van der Waals surface area contributed by atoms with Gasteiger partial charge < -0.3 is 9.47 Å². The lowest BCUT2D eigenvalue weighted by Crippen LogP contribution is -2.18. The van der Waals surface area contributed by atoms with Crippen LogP contribution in [0.4, 0.5) is 0 Å². The lowest BCUT2D eigenvalue weighted by molar-refractivity contribution is -0.148. The lowest BCUT2D eigenvalue weighted by atomic mass is 10.2. The fourth-order valence-electron chi connectivity index (χ4n) is 1.41. The van der Waals surface area contributed by atoms with Gasteiger partial charge in [0.2, 0.25) is 0 Å². The van der Waals surface area contributed by atoms with Gasteiger partial charge in [0.1, 0.15) is 6.10 Å². The quantitative estimate of drug-likeness (QED) is 0.411. The third kappa shape index (κ3) is 15.3. The van der Waals surface area contributed by atoms with Crippen molar-refractivity contribution in [3.63, 3.8) is 0 Å². The highest BCUT2D eigenvalue weighted by molar-refractivity contribution is 5.66. The van der Waals surface area contributed by atoms with Crippen molar-refractivity contribution >= 4 is 11.9 Å². The molecule has 0 aromatic rings. The fourth-order valence-corrected chi connectivity index (χ4v) is 1.41. The van der Waals surface area contributed by atoms with Crippen LogP contribution in [0, 0.1) is 35.5 Å². The molecule has 0 radical (unpaired) electrons. The Morgan fingerprint density at radius 2 is 1.78 bits per heavy atom. The van der Waals surface area contributed by atoms with Crippen molar-refractivity contribution < 1.29 is 19.1 Å². The van der Waals surface area contributed by atoms with Crippen LogP contribution < -0.4 is 0 Å². The van der Waals surface area contributed by atoms with Gasteiger partial charge in [0.05, 0.1) is 6.61 Å². The van der Waals surface area contributed by atoms with E-state index in [1.54, 1.807) is 25.2 Å². The van der Waals surface area contributed by atoms with E-state index in [4.69, 9.17) is 9.47 Å². The third-order valence-electron chi connectivity index (χ3n) is 2.29. The van der Waals surface area contributed by atoms with Crippen LogP contribution in [0.3, 0.4) is 0 Å². The summed E-state index contributed by atoms with van der Waals surface area (Å²) in [5.41, 5.74) is 0. The summed E-state index contributed by atoms with van der Waals surface area (Å²) in [4.78, 5) is 21.7. The molecule has 0 bridgehead atoms. The maximum absolute atomic E-state index is 11.0. The highest BCUT2D eigenvalue weighted by Crippen LogP contribution is 2.06. The van der Waals surface area contributed by atoms with Gasteiger partial charge in [0.25, 0.3) is 0 Å². The van der Waals surface area contributed by atoms with E-state index < -0.39 is 0 Å². The standard InChI is InChI=1S/C19H20O4/c1-4-5-6-7-8-9-10-11-12-13-14-19(23-18(3)21)15-16-22-17(2)20/h10-13,19H,14-16H2,1-3H3. The maximum Gasteiger partial charge on any atom is 0.302 e. The van der Waals surface area contributed by atoms with Gasteiger partial charge in [-0.05, 0) is 36.7 Å². The van der Waals surface area contributed by atoms with Gasteiger partial charge in [-0.3, -0.25) is 9.59 Å². The molecule has 120 valence electrons. The minimum absolute atomic E-state index is 0.224. The van der Waals surface area contributed by atoms with Gasteiger partial charge in [-0.15, -0.1) is 0 Å². The van der Waals surface area contributed by atoms with Crippen molar-refractivity contribution in [2.24, 2.45) is 0 Å². The summed E-state index contributed by atoms with van der Waals surface area (Å²) in [7, 11) is 0. The zero-order valence-corrected chi connectivity index (χ0v) is 13.6. The molecule has 4 heteroatoms. The second kappa shape index (κ2) is 14.1. The van der Waals surface area contributed by atoms with Gasteiger partial charge in [-0.25, -0.2) is 0 Å². The summed E-state index contributed by atoms with van der Waals surface area (Å²) in [6.07, 6.45) is 7.75. The van der Waals surface area contributed by atoms with Gasteiger partial charge in [0.15, 0.2) is 0 Å². The Kier molecular flexibility index (Phi) is 12.3. The molecule has 0 aromatic heterocycles. The molecule has 1 unspecified atom stereocenters. The van der Waals surface area contributed by atoms with E-state index in [0.717, 1.165) is 0 Å². The van der Waals surface area contributed by atoms with E-state index in [-0.39, 0.29) is 24.6 Å². The van der Waals surface area contributed by atoms with Crippen LogP contribution in [0.25, 0.3) is 0 Å². The molecule has 0 saturated carbocycles. The van der Waals surface area contributed by atoms with E-state index in [2.05, 4.69) is 35.5 Å². The van der Waals surface area contributed by atoms with Crippen LogP contribution in [-0.2, 0) is 19.1 Å². The highest BCUT2D eigenvalue weighted by atomic mass is 16.6. The number of esters is 2. The smallest absolute Gasteiger partial charge is 0.302 e. The molecule has 0 aliphatic heterocycles. The Hall–Kier alpha value is -2.90. The van der Waals surface area contributed by atoms with E-state index >= 15 is 0 Å². The first-order chi connectivity index (χ1) is 11.1. The van der Waals surface area contributed by atoms with Crippen molar-refractivity contribution in [3.05, 3.63) is 24.3 Å². The fraction of sp³-hybridized carbons (Fsp3) is 0.368. The van der Waals surface area contributed by atoms with Gasteiger partial charge >= 0.3 is 11.9 Å². The van der Waals surface area contributed by atoms with Crippen LogP contribution in [-0.4, -0.2) is 24.6 Å². The molecule has 0 fully saturated rings. The normalized spacial score (nSPS) is 10.6. The van der Waals surface area contributed by atoms with Crippen molar-refractivity contribution in [1.82, 2.24) is 0 Å². The second-order valence-electron chi connectivity index (χ2n) is 4.28. The van der Waals surface area contributed by atoms with Crippen LogP contribution >= 0.6 is 0 Å². The SMILES string of the molecule is CC#CC#CC#CC=CC=CCC(CCOC(C)=O)OC(C)=O. The molecule has 0 spiro atoms. The minimum Gasteiger partial charge on any atom is -0.466 e. The average molecular weight is 312 g/mol. The number of hydrogen-bond acceptors (Lipinski definition) is 4. The molecule has 4 nitrogen and oxygen atoms in total. The number of carbonyl (C=O) groups excluding carboxylic acids is 2. The van der Waals surface area contributed by atoms with E-state index in [0.29, 0.717) is 12.8 Å². The molecular weight excluding hydrogens is 292 g/mol. The Balaban J connectivity index is 4.26. The van der Waals surface area contributed by atoms with E-state index in [9.17, 15) is 9.59 Å². The first kappa shape index (κ1) is 20.1. The lowest BCUT2D eigenvalue weighted by Gasteiger charge is -2.14. The molecule has 0 saturated heterocycles. The Bertz CT molecular complexity index is 621. The molecular formula is C19H20O4. The molecule has 0 amide bonds. The van der Waals surface area contributed by atoms with Crippen LogP contribution in [0.5, 0.6) is 0 Å².